The molecule has 0 N–H and O–H groups in total. The minimum absolute atomic E-state index is 0. The van der Waals surface area contributed by atoms with Crippen molar-refractivity contribution in [3.63, 3.8) is 0 Å². The Balaban J connectivity index is 0.00000225. The first kappa shape index (κ1) is 19.1. The van der Waals surface area contributed by atoms with Crippen LogP contribution in [0.4, 0.5) is 0 Å². The Morgan fingerprint density at radius 2 is 2.00 bits per heavy atom. The predicted octanol–water partition coefficient (Wildman–Crippen LogP) is 5.87. The van der Waals surface area contributed by atoms with Crippen molar-refractivity contribution < 1.29 is 4.74 Å². The largest absolute Gasteiger partial charge is 0.493 e. The van der Waals surface area contributed by atoms with Crippen molar-refractivity contribution in [2.75, 3.05) is 6.61 Å². The van der Waals surface area contributed by atoms with E-state index in [0.717, 1.165) is 29.0 Å². The SMILES string of the molecule is CCCO/C(=C/c1ccc(-n2ccnc2)cc1)c1cccc(Cl)c1.Cl. The zero-order chi connectivity index (χ0) is 16.8. The maximum Gasteiger partial charge on any atom is 0.127 e. The molecule has 0 spiro atoms. The van der Waals surface area contributed by atoms with Crippen molar-refractivity contribution in [1.29, 1.82) is 0 Å². The number of rotatable bonds is 6. The van der Waals surface area contributed by atoms with Gasteiger partial charge in [0.15, 0.2) is 0 Å². The van der Waals surface area contributed by atoms with E-state index >= 15 is 0 Å². The van der Waals surface area contributed by atoms with Gasteiger partial charge in [0, 0.05) is 28.7 Å². The van der Waals surface area contributed by atoms with Gasteiger partial charge in [-0.1, -0.05) is 42.8 Å². The lowest BCUT2D eigenvalue weighted by Gasteiger charge is -2.11. The quantitative estimate of drug-likeness (QED) is 0.398. The van der Waals surface area contributed by atoms with Crippen LogP contribution in [0.15, 0.2) is 67.3 Å². The summed E-state index contributed by atoms with van der Waals surface area (Å²) in [5, 5.41) is 0.703. The van der Waals surface area contributed by atoms with Gasteiger partial charge in [0.2, 0.25) is 0 Å². The zero-order valence-electron chi connectivity index (χ0n) is 13.9. The summed E-state index contributed by atoms with van der Waals surface area (Å²) in [4.78, 5) is 4.07. The number of hydrogen-bond acceptors (Lipinski definition) is 2. The number of halogens is 2. The molecule has 3 nitrogen and oxygen atoms in total. The highest BCUT2D eigenvalue weighted by molar-refractivity contribution is 6.30. The molecule has 0 bridgehead atoms. The van der Waals surface area contributed by atoms with Gasteiger partial charge in [0.1, 0.15) is 5.76 Å². The van der Waals surface area contributed by atoms with Crippen LogP contribution in [0.3, 0.4) is 0 Å². The monoisotopic (exact) mass is 374 g/mol. The number of imidazole rings is 1. The van der Waals surface area contributed by atoms with Gasteiger partial charge in [0.25, 0.3) is 0 Å². The van der Waals surface area contributed by atoms with Crippen LogP contribution in [-0.4, -0.2) is 16.2 Å². The lowest BCUT2D eigenvalue weighted by atomic mass is 10.1. The van der Waals surface area contributed by atoms with Gasteiger partial charge in [0.05, 0.1) is 12.9 Å². The summed E-state index contributed by atoms with van der Waals surface area (Å²) in [5.41, 5.74) is 3.13. The molecule has 0 saturated heterocycles. The molecule has 0 atom stereocenters. The highest BCUT2D eigenvalue weighted by Gasteiger charge is 2.05. The third kappa shape index (κ3) is 5.12. The van der Waals surface area contributed by atoms with Crippen molar-refractivity contribution in [3.05, 3.63) is 83.4 Å². The Bertz CT molecular complexity index is 812. The number of ether oxygens (including phenoxy) is 1. The first-order valence-corrected chi connectivity index (χ1v) is 8.33. The molecular formula is C20H20Cl2N2O. The molecule has 0 fully saturated rings. The molecule has 0 aliphatic heterocycles. The number of aromatic nitrogens is 2. The van der Waals surface area contributed by atoms with Gasteiger partial charge < -0.3 is 9.30 Å². The molecule has 3 rings (SSSR count). The van der Waals surface area contributed by atoms with E-state index < -0.39 is 0 Å². The van der Waals surface area contributed by atoms with Crippen LogP contribution in [0.5, 0.6) is 0 Å². The first-order valence-electron chi connectivity index (χ1n) is 7.95. The highest BCUT2D eigenvalue weighted by atomic mass is 35.5. The van der Waals surface area contributed by atoms with E-state index in [0.29, 0.717) is 11.6 Å². The second-order valence-corrected chi connectivity index (χ2v) is 5.87. The van der Waals surface area contributed by atoms with Gasteiger partial charge in [-0.25, -0.2) is 4.98 Å². The Morgan fingerprint density at radius 3 is 2.64 bits per heavy atom. The number of hydrogen-bond donors (Lipinski definition) is 0. The van der Waals surface area contributed by atoms with Crippen molar-refractivity contribution in [1.82, 2.24) is 9.55 Å². The number of nitrogens with zero attached hydrogens (tertiary/aromatic N) is 2. The average Bonchev–Trinajstić information content (AvgIpc) is 3.14. The van der Waals surface area contributed by atoms with Gasteiger partial charge in [-0.3, -0.25) is 0 Å². The van der Waals surface area contributed by atoms with Crippen LogP contribution in [0.25, 0.3) is 17.5 Å². The van der Waals surface area contributed by atoms with E-state index in [1.165, 1.54) is 0 Å². The summed E-state index contributed by atoms with van der Waals surface area (Å²) in [6.45, 7) is 2.76. The Hall–Kier alpha value is -2.23. The van der Waals surface area contributed by atoms with Crippen molar-refractivity contribution in [2.24, 2.45) is 0 Å². The molecule has 1 aromatic heterocycles. The lowest BCUT2D eigenvalue weighted by Crippen LogP contribution is -1.94. The third-order valence-corrected chi connectivity index (χ3v) is 3.80. The van der Waals surface area contributed by atoms with Crippen LogP contribution in [0, 0.1) is 0 Å². The van der Waals surface area contributed by atoms with Gasteiger partial charge in [-0.2, -0.15) is 0 Å². The molecular weight excluding hydrogens is 355 g/mol. The fourth-order valence-corrected chi connectivity index (χ4v) is 2.56. The Labute approximate surface area is 159 Å². The smallest absolute Gasteiger partial charge is 0.127 e. The van der Waals surface area contributed by atoms with Gasteiger partial charge in [-0.05, 0) is 42.3 Å². The Morgan fingerprint density at radius 1 is 1.20 bits per heavy atom. The van der Waals surface area contributed by atoms with Crippen LogP contribution < -0.4 is 0 Å². The predicted molar refractivity (Wildman–Crippen MR) is 106 cm³/mol. The molecule has 0 aliphatic carbocycles. The summed E-state index contributed by atoms with van der Waals surface area (Å²) >= 11 is 6.11. The van der Waals surface area contributed by atoms with E-state index in [1.54, 1.807) is 12.5 Å². The minimum Gasteiger partial charge on any atom is -0.493 e. The lowest BCUT2D eigenvalue weighted by molar-refractivity contribution is 0.279. The minimum atomic E-state index is 0. The second-order valence-electron chi connectivity index (χ2n) is 5.43. The van der Waals surface area contributed by atoms with E-state index in [2.05, 4.69) is 36.2 Å². The summed E-state index contributed by atoms with van der Waals surface area (Å²) in [5.74, 6) is 0.828. The molecule has 0 aliphatic rings. The maximum absolute atomic E-state index is 6.11. The van der Waals surface area contributed by atoms with Crippen molar-refractivity contribution in [3.8, 4) is 5.69 Å². The highest BCUT2D eigenvalue weighted by Crippen LogP contribution is 2.23. The topological polar surface area (TPSA) is 27.1 Å². The van der Waals surface area contributed by atoms with Crippen molar-refractivity contribution >= 4 is 35.8 Å². The fourth-order valence-electron chi connectivity index (χ4n) is 2.37. The molecule has 2 aromatic carbocycles. The second kappa shape index (κ2) is 9.30. The Kier molecular flexibility index (Phi) is 7.11. The van der Waals surface area contributed by atoms with Gasteiger partial charge >= 0.3 is 0 Å². The summed E-state index contributed by atoms with van der Waals surface area (Å²) in [6.07, 6.45) is 8.47. The van der Waals surface area contributed by atoms with Crippen LogP contribution >= 0.6 is 24.0 Å². The summed E-state index contributed by atoms with van der Waals surface area (Å²) in [7, 11) is 0. The molecule has 0 amide bonds. The summed E-state index contributed by atoms with van der Waals surface area (Å²) in [6, 6.07) is 16.0. The molecule has 5 heteroatoms. The van der Waals surface area contributed by atoms with Gasteiger partial charge in [-0.15, -0.1) is 12.4 Å². The van der Waals surface area contributed by atoms with Crippen LogP contribution in [0.2, 0.25) is 5.02 Å². The van der Waals surface area contributed by atoms with Crippen LogP contribution in [0.1, 0.15) is 24.5 Å². The summed E-state index contributed by atoms with van der Waals surface area (Å²) < 4.78 is 7.90. The number of benzene rings is 2. The molecule has 0 saturated carbocycles. The van der Waals surface area contributed by atoms with E-state index in [4.69, 9.17) is 16.3 Å². The molecule has 0 unspecified atom stereocenters. The molecule has 1 heterocycles. The van der Waals surface area contributed by atoms with E-state index in [-0.39, 0.29) is 12.4 Å². The fraction of sp³-hybridized carbons (Fsp3) is 0.150. The molecule has 0 radical (unpaired) electrons. The van der Waals surface area contributed by atoms with E-state index in [9.17, 15) is 0 Å². The third-order valence-electron chi connectivity index (χ3n) is 3.56. The first-order chi connectivity index (χ1) is 11.8. The normalized spacial score (nSPS) is 11.0. The molecule has 25 heavy (non-hydrogen) atoms. The molecule has 3 aromatic rings. The van der Waals surface area contributed by atoms with Crippen molar-refractivity contribution in [2.45, 2.75) is 13.3 Å². The zero-order valence-corrected chi connectivity index (χ0v) is 15.5. The standard InChI is InChI=1S/C20H19ClN2O.ClH/c1-2-12-24-20(17-4-3-5-18(21)14-17)13-16-6-8-19(9-7-16)23-11-10-22-15-23;/h3-11,13-15H,2,12H2,1H3;1H/b20-13+;. The average molecular weight is 375 g/mol. The molecule has 130 valence electrons. The van der Waals surface area contributed by atoms with E-state index in [1.807, 2.05) is 41.1 Å². The maximum atomic E-state index is 6.11. The van der Waals surface area contributed by atoms with Crippen LogP contribution in [-0.2, 0) is 4.74 Å².